The van der Waals surface area contributed by atoms with Crippen molar-refractivity contribution in [3.63, 3.8) is 0 Å². The van der Waals surface area contributed by atoms with Gasteiger partial charge in [0.2, 0.25) is 6.79 Å². The molecule has 5 heteroatoms. The summed E-state index contributed by atoms with van der Waals surface area (Å²) in [5, 5.41) is 2.70. The number of fused-ring (bicyclic) bond motifs is 1. The molecular weight excluding hydrogens is 294 g/mol. The lowest BCUT2D eigenvalue weighted by molar-refractivity contribution is -0.111. The summed E-state index contributed by atoms with van der Waals surface area (Å²) >= 11 is 0. The molecule has 1 N–H and O–H groups in total. The molecule has 1 aliphatic heterocycles. The number of rotatable bonds is 3. The van der Waals surface area contributed by atoms with Gasteiger partial charge in [-0.15, -0.1) is 0 Å². The summed E-state index contributed by atoms with van der Waals surface area (Å²) in [6.45, 7) is 2.64. The number of carbonyl (C=O) groups is 1. The molecule has 5 nitrogen and oxygen atoms in total. The van der Waals surface area contributed by atoms with Gasteiger partial charge in [-0.25, -0.2) is 0 Å². The average Bonchev–Trinajstić information content (AvgIpc) is 3.02. The highest BCUT2D eigenvalue weighted by atomic mass is 16.7. The molecule has 0 saturated carbocycles. The van der Waals surface area contributed by atoms with Crippen LogP contribution in [-0.4, -0.2) is 19.3 Å². The van der Waals surface area contributed by atoms with E-state index in [2.05, 4.69) is 17.2 Å². The Balaban J connectivity index is 1.71. The third-order valence-electron chi connectivity index (χ3n) is 3.13. The van der Waals surface area contributed by atoms with Crippen LogP contribution in [0.4, 0.5) is 5.69 Å². The Morgan fingerprint density at radius 3 is 2.91 bits per heavy atom. The van der Waals surface area contributed by atoms with Crippen molar-refractivity contribution in [2.45, 2.75) is 6.92 Å². The van der Waals surface area contributed by atoms with Crippen LogP contribution >= 0.6 is 0 Å². The van der Waals surface area contributed by atoms with Gasteiger partial charge < -0.3 is 19.5 Å². The largest absolute Gasteiger partial charge is 0.493 e. The third-order valence-corrected chi connectivity index (χ3v) is 3.13. The smallest absolute Gasteiger partial charge is 0.300 e. The molecule has 0 atom stereocenters. The minimum atomic E-state index is -0.407. The second kappa shape index (κ2) is 6.75. The van der Waals surface area contributed by atoms with Crippen molar-refractivity contribution < 1.29 is 19.0 Å². The first-order chi connectivity index (χ1) is 11.3. The fourth-order valence-corrected chi connectivity index (χ4v) is 2.11. The molecule has 0 aliphatic carbocycles. The maximum Gasteiger partial charge on any atom is 0.300 e. The molecule has 0 unspecified atom stereocenters. The number of anilines is 1. The third kappa shape index (κ3) is 3.55. The number of hydrogen-bond donors (Lipinski definition) is 1. The van der Waals surface area contributed by atoms with Crippen LogP contribution in [0.5, 0.6) is 17.2 Å². The predicted molar refractivity (Wildman–Crippen MR) is 85.7 cm³/mol. The molecule has 23 heavy (non-hydrogen) atoms. The summed E-state index contributed by atoms with van der Waals surface area (Å²) < 4.78 is 16.0. The number of para-hydroxylation sites is 1. The highest BCUT2D eigenvalue weighted by molar-refractivity contribution is 6.04. The number of benzene rings is 2. The standard InChI is InChI=1S/C18H15NO4/c1-2-21-15-6-4-3-5-13(15)7-10-18(20)19-14-8-9-16-17(11-14)23-12-22-16/h3-6,8-9,11H,2,12H2,1H3,(H,19,20). The average molecular weight is 309 g/mol. The van der Waals surface area contributed by atoms with Gasteiger partial charge in [0.15, 0.2) is 11.5 Å². The van der Waals surface area contributed by atoms with Gasteiger partial charge in [0.05, 0.1) is 12.2 Å². The van der Waals surface area contributed by atoms with Gasteiger partial charge >= 0.3 is 5.91 Å². The second-order valence-corrected chi connectivity index (χ2v) is 4.70. The molecule has 0 radical (unpaired) electrons. The number of hydrogen-bond acceptors (Lipinski definition) is 4. The summed E-state index contributed by atoms with van der Waals surface area (Å²) in [7, 11) is 0. The van der Waals surface area contributed by atoms with Crippen LogP contribution in [0.25, 0.3) is 0 Å². The summed E-state index contributed by atoms with van der Waals surface area (Å²) in [5.74, 6) is 6.92. The second-order valence-electron chi connectivity index (χ2n) is 4.70. The van der Waals surface area contributed by atoms with Crippen LogP contribution in [-0.2, 0) is 4.79 Å². The van der Waals surface area contributed by atoms with E-state index in [9.17, 15) is 4.79 Å². The Bertz CT molecular complexity index is 789. The molecular formula is C18H15NO4. The normalized spacial score (nSPS) is 11.3. The van der Waals surface area contributed by atoms with E-state index in [1.807, 2.05) is 31.2 Å². The van der Waals surface area contributed by atoms with Crippen LogP contribution in [0, 0.1) is 11.8 Å². The number of ether oxygens (including phenoxy) is 3. The van der Waals surface area contributed by atoms with Gasteiger partial charge in [-0.2, -0.15) is 0 Å². The summed E-state index contributed by atoms with van der Waals surface area (Å²) in [6.07, 6.45) is 0. The van der Waals surface area contributed by atoms with Crippen molar-refractivity contribution in [3.8, 4) is 29.1 Å². The molecule has 1 aliphatic rings. The Morgan fingerprint density at radius 1 is 1.22 bits per heavy atom. The number of carbonyl (C=O) groups excluding carboxylic acids is 1. The van der Waals surface area contributed by atoms with Crippen molar-refractivity contribution in [2.75, 3.05) is 18.7 Å². The Morgan fingerprint density at radius 2 is 2.04 bits per heavy atom. The molecule has 0 aromatic heterocycles. The van der Waals surface area contributed by atoms with Gasteiger partial charge in [-0.1, -0.05) is 18.1 Å². The molecule has 1 amide bonds. The van der Waals surface area contributed by atoms with E-state index in [4.69, 9.17) is 14.2 Å². The Hall–Kier alpha value is -3.13. The van der Waals surface area contributed by atoms with Crippen LogP contribution in [0.1, 0.15) is 12.5 Å². The molecule has 2 aromatic carbocycles. The molecule has 116 valence electrons. The lowest BCUT2D eigenvalue weighted by atomic mass is 10.2. The minimum Gasteiger partial charge on any atom is -0.493 e. The van der Waals surface area contributed by atoms with Crippen molar-refractivity contribution in [2.24, 2.45) is 0 Å². The van der Waals surface area contributed by atoms with E-state index >= 15 is 0 Å². The van der Waals surface area contributed by atoms with Crippen LogP contribution in [0.15, 0.2) is 42.5 Å². The van der Waals surface area contributed by atoms with E-state index in [0.717, 1.165) is 0 Å². The highest BCUT2D eigenvalue weighted by Gasteiger charge is 2.13. The van der Waals surface area contributed by atoms with E-state index in [0.29, 0.717) is 35.1 Å². The zero-order chi connectivity index (χ0) is 16.1. The Kier molecular flexibility index (Phi) is 4.34. The first-order valence-corrected chi connectivity index (χ1v) is 7.21. The zero-order valence-electron chi connectivity index (χ0n) is 12.6. The minimum absolute atomic E-state index is 0.195. The lowest BCUT2D eigenvalue weighted by Crippen LogP contribution is -2.08. The lowest BCUT2D eigenvalue weighted by Gasteiger charge is -2.04. The topological polar surface area (TPSA) is 56.8 Å². The van der Waals surface area contributed by atoms with Gasteiger partial charge in [0, 0.05) is 17.7 Å². The number of nitrogens with one attached hydrogen (secondary N) is 1. The van der Waals surface area contributed by atoms with Crippen LogP contribution in [0.2, 0.25) is 0 Å². The molecule has 2 aromatic rings. The Labute approximate surface area is 134 Å². The summed E-state index contributed by atoms with van der Waals surface area (Å²) in [6, 6.07) is 12.5. The van der Waals surface area contributed by atoms with E-state index < -0.39 is 5.91 Å². The van der Waals surface area contributed by atoms with E-state index in [1.165, 1.54) is 0 Å². The summed E-state index contributed by atoms with van der Waals surface area (Å²) in [4.78, 5) is 12.0. The molecule has 0 bridgehead atoms. The van der Waals surface area contributed by atoms with Crippen molar-refractivity contribution in [1.29, 1.82) is 0 Å². The van der Waals surface area contributed by atoms with Gasteiger partial charge in [0.25, 0.3) is 0 Å². The SMILES string of the molecule is CCOc1ccccc1C#CC(=O)Nc1ccc2c(c1)OCO2. The molecule has 0 saturated heterocycles. The van der Waals surface area contributed by atoms with E-state index in [1.54, 1.807) is 18.2 Å². The van der Waals surface area contributed by atoms with Crippen molar-refractivity contribution >= 4 is 11.6 Å². The predicted octanol–water partition coefficient (Wildman–Crippen LogP) is 2.80. The van der Waals surface area contributed by atoms with Crippen molar-refractivity contribution in [3.05, 3.63) is 48.0 Å². The summed E-state index contributed by atoms with van der Waals surface area (Å²) in [5.41, 5.74) is 1.28. The monoisotopic (exact) mass is 309 g/mol. The fraction of sp³-hybridized carbons (Fsp3) is 0.167. The maximum absolute atomic E-state index is 12.0. The quantitative estimate of drug-likeness (QED) is 0.886. The first-order valence-electron chi connectivity index (χ1n) is 7.21. The molecule has 1 heterocycles. The number of amides is 1. The maximum atomic E-state index is 12.0. The molecule has 3 rings (SSSR count). The van der Waals surface area contributed by atoms with Gasteiger partial charge in [0.1, 0.15) is 5.75 Å². The molecule has 0 spiro atoms. The van der Waals surface area contributed by atoms with Gasteiger partial charge in [-0.05, 0) is 31.2 Å². The van der Waals surface area contributed by atoms with Crippen LogP contribution < -0.4 is 19.5 Å². The fourth-order valence-electron chi connectivity index (χ4n) is 2.11. The van der Waals surface area contributed by atoms with Crippen molar-refractivity contribution in [1.82, 2.24) is 0 Å². The molecule has 0 fully saturated rings. The van der Waals surface area contributed by atoms with Gasteiger partial charge in [-0.3, -0.25) is 4.79 Å². The zero-order valence-corrected chi connectivity index (χ0v) is 12.6. The highest BCUT2D eigenvalue weighted by Crippen LogP contribution is 2.34. The van der Waals surface area contributed by atoms with Crippen LogP contribution in [0.3, 0.4) is 0 Å². The van der Waals surface area contributed by atoms with E-state index in [-0.39, 0.29) is 6.79 Å². The first kappa shape index (κ1) is 14.8.